The third-order valence-electron chi connectivity index (χ3n) is 4.13. The molecule has 0 aliphatic carbocycles. The lowest BCUT2D eigenvalue weighted by Gasteiger charge is -2.23. The van der Waals surface area contributed by atoms with Crippen LogP contribution in [0.3, 0.4) is 0 Å². The third kappa shape index (κ3) is 3.20. The van der Waals surface area contributed by atoms with Crippen LogP contribution in [-0.4, -0.2) is 30.8 Å². The molecule has 0 spiro atoms. The number of hydrogen-bond acceptors (Lipinski definition) is 4. The van der Waals surface area contributed by atoms with E-state index < -0.39 is 0 Å². The van der Waals surface area contributed by atoms with Crippen molar-refractivity contribution in [2.24, 2.45) is 0 Å². The lowest BCUT2D eigenvalue weighted by Crippen LogP contribution is -2.37. The zero-order valence-electron chi connectivity index (χ0n) is 12.5. The number of aromatic amines is 1. The minimum Gasteiger partial charge on any atom is -0.341 e. The first-order valence-electron chi connectivity index (χ1n) is 7.68. The highest BCUT2D eigenvalue weighted by Crippen LogP contribution is 2.21. The first-order chi connectivity index (χ1) is 11.3. The minimum absolute atomic E-state index is 0.406. The predicted octanol–water partition coefficient (Wildman–Crippen LogP) is 2.54. The highest BCUT2D eigenvalue weighted by molar-refractivity contribution is 9.10. The number of nitrogens with one attached hydrogen (secondary N) is 2. The molecule has 0 amide bonds. The number of aryl methyl sites for hydroxylation is 1. The number of benzene rings is 1. The molecule has 4 rings (SSSR count). The zero-order valence-corrected chi connectivity index (χ0v) is 14.1. The van der Waals surface area contributed by atoms with Crippen molar-refractivity contribution < 1.29 is 0 Å². The largest absolute Gasteiger partial charge is 0.341 e. The van der Waals surface area contributed by atoms with E-state index >= 15 is 0 Å². The summed E-state index contributed by atoms with van der Waals surface area (Å²) in [5, 5.41) is 7.80. The van der Waals surface area contributed by atoms with Crippen molar-refractivity contribution in [2.45, 2.75) is 32.0 Å². The topological polar surface area (TPSA) is 71.4 Å². The molecule has 7 heteroatoms. The van der Waals surface area contributed by atoms with Gasteiger partial charge >= 0.3 is 0 Å². The van der Waals surface area contributed by atoms with E-state index in [4.69, 9.17) is 0 Å². The van der Waals surface area contributed by atoms with Crippen LogP contribution in [0, 0.1) is 0 Å². The fourth-order valence-electron chi connectivity index (χ4n) is 2.90. The van der Waals surface area contributed by atoms with Crippen LogP contribution in [-0.2, 0) is 19.5 Å². The Morgan fingerprint density at radius 2 is 2.30 bits per heavy atom. The molecule has 1 atom stereocenters. The van der Waals surface area contributed by atoms with Crippen molar-refractivity contribution in [1.29, 1.82) is 0 Å². The number of nitrogens with zero attached hydrogens (tertiary/aromatic N) is 4. The molecular weight excluding hydrogens is 356 g/mol. The van der Waals surface area contributed by atoms with Crippen LogP contribution in [0.25, 0.3) is 11.3 Å². The highest BCUT2D eigenvalue weighted by Gasteiger charge is 2.19. The van der Waals surface area contributed by atoms with Crippen LogP contribution in [0.4, 0.5) is 0 Å². The SMILES string of the molecule is Brc1cccc(-c2cnc(CNC3CCc4ncnn4C3)[nH]2)c1. The summed E-state index contributed by atoms with van der Waals surface area (Å²) in [6, 6.07) is 8.60. The zero-order chi connectivity index (χ0) is 15.6. The van der Waals surface area contributed by atoms with E-state index in [0.717, 1.165) is 53.3 Å². The Kier molecular flexibility index (Phi) is 3.97. The first-order valence-corrected chi connectivity index (χ1v) is 8.47. The molecule has 1 unspecified atom stereocenters. The number of rotatable bonds is 4. The van der Waals surface area contributed by atoms with E-state index in [2.05, 4.69) is 53.4 Å². The molecule has 0 fully saturated rings. The molecule has 0 radical (unpaired) electrons. The number of H-pyrrole nitrogens is 1. The molecule has 1 aromatic carbocycles. The maximum atomic E-state index is 4.47. The maximum absolute atomic E-state index is 4.47. The van der Waals surface area contributed by atoms with Crippen molar-refractivity contribution >= 4 is 15.9 Å². The Balaban J connectivity index is 1.39. The first kappa shape index (κ1) is 14.6. The van der Waals surface area contributed by atoms with Crippen LogP contribution in [0.15, 0.2) is 41.3 Å². The number of halogens is 1. The molecule has 0 saturated carbocycles. The summed E-state index contributed by atoms with van der Waals surface area (Å²) in [6.07, 6.45) is 5.57. The summed E-state index contributed by atoms with van der Waals surface area (Å²) in [6.45, 7) is 1.59. The summed E-state index contributed by atoms with van der Waals surface area (Å²) in [4.78, 5) is 12.1. The Morgan fingerprint density at radius 1 is 1.35 bits per heavy atom. The Bertz CT molecular complexity index is 808. The van der Waals surface area contributed by atoms with Crippen LogP contribution in [0.5, 0.6) is 0 Å². The molecule has 118 valence electrons. The molecule has 2 aromatic heterocycles. The molecular formula is C16H17BrN6. The van der Waals surface area contributed by atoms with Gasteiger partial charge in [-0.15, -0.1) is 0 Å². The molecule has 0 bridgehead atoms. The number of hydrogen-bond donors (Lipinski definition) is 2. The lowest BCUT2D eigenvalue weighted by molar-refractivity contribution is 0.355. The molecule has 3 heterocycles. The second-order valence-electron chi connectivity index (χ2n) is 5.73. The fourth-order valence-corrected chi connectivity index (χ4v) is 3.30. The van der Waals surface area contributed by atoms with E-state index in [1.807, 2.05) is 23.0 Å². The fraction of sp³-hybridized carbons (Fsp3) is 0.312. The lowest BCUT2D eigenvalue weighted by atomic mass is 10.1. The number of aromatic nitrogens is 5. The minimum atomic E-state index is 0.406. The van der Waals surface area contributed by atoms with Crippen LogP contribution < -0.4 is 5.32 Å². The smallest absolute Gasteiger partial charge is 0.138 e. The number of imidazole rings is 1. The van der Waals surface area contributed by atoms with Gasteiger partial charge in [0.15, 0.2) is 0 Å². The van der Waals surface area contributed by atoms with Gasteiger partial charge in [-0.2, -0.15) is 5.10 Å². The monoisotopic (exact) mass is 372 g/mol. The van der Waals surface area contributed by atoms with Gasteiger partial charge in [-0.05, 0) is 18.6 Å². The average Bonchev–Trinajstić information content (AvgIpc) is 3.21. The van der Waals surface area contributed by atoms with Crippen molar-refractivity contribution in [2.75, 3.05) is 0 Å². The van der Waals surface area contributed by atoms with E-state index in [-0.39, 0.29) is 0 Å². The van der Waals surface area contributed by atoms with Gasteiger partial charge in [0.25, 0.3) is 0 Å². The Labute approximate surface area is 142 Å². The van der Waals surface area contributed by atoms with Gasteiger partial charge in [0.05, 0.1) is 25.0 Å². The molecule has 3 aromatic rings. The summed E-state index contributed by atoms with van der Waals surface area (Å²) >= 11 is 3.50. The van der Waals surface area contributed by atoms with E-state index in [1.54, 1.807) is 6.33 Å². The summed E-state index contributed by atoms with van der Waals surface area (Å²) in [5.41, 5.74) is 2.16. The van der Waals surface area contributed by atoms with E-state index in [0.29, 0.717) is 6.04 Å². The quantitative estimate of drug-likeness (QED) is 0.737. The van der Waals surface area contributed by atoms with Crippen molar-refractivity contribution in [1.82, 2.24) is 30.0 Å². The molecule has 1 aliphatic rings. The van der Waals surface area contributed by atoms with Crippen LogP contribution >= 0.6 is 15.9 Å². The summed E-state index contributed by atoms with van der Waals surface area (Å²) in [5.74, 6) is 2.03. The summed E-state index contributed by atoms with van der Waals surface area (Å²) < 4.78 is 3.05. The molecule has 2 N–H and O–H groups in total. The predicted molar refractivity (Wildman–Crippen MR) is 90.7 cm³/mol. The standard InChI is InChI=1S/C16H17BrN6/c17-12-3-1-2-11(6-12)14-7-19-15(22-14)8-18-13-4-5-16-20-10-21-23(16)9-13/h1-3,6-7,10,13,18H,4-5,8-9H2,(H,19,22). The third-order valence-corrected chi connectivity index (χ3v) is 4.62. The van der Waals surface area contributed by atoms with E-state index in [1.165, 1.54) is 0 Å². The Morgan fingerprint density at radius 3 is 3.22 bits per heavy atom. The highest BCUT2D eigenvalue weighted by atomic mass is 79.9. The molecule has 1 aliphatic heterocycles. The van der Waals surface area contributed by atoms with Gasteiger partial charge in [-0.1, -0.05) is 28.1 Å². The molecule has 6 nitrogen and oxygen atoms in total. The van der Waals surface area contributed by atoms with Crippen LogP contribution in [0.1, 0.15) is 18.1 Å². The van der Waals surface area contributed by atoms with Gasteiger partial charge < -0.3 is 10.3 Å². The van der Waals surface area contributed by atoms with Crippen molar-refractivity contribution in [3.8, 4) is 11.3 Å². The number of fused-ring (bicyclic) bond motifs is 1. The van der Waals surface area contributed by atoms with Crippen LogP contribution in [0.2, 0.25) is 0 Å². The van der Waals surface area contributed by atoms with E-state index in [9.17, 15) is 0 Å². The second-order valence-corrected chi connectivity index (χ2v) is 6.64. The Hall–Kier alpha value is -1.99. The van der Waals surface area contributed by atoms with Gasteiger partial charge in [0.1, 0.15) is 18.0 Å². The second kappa shape index (κ2) is 6.25. The van der Waals surface area contributed by atoms with Crippen molar-refractivity contribution in [3.05, 3.63) is 52.9 Å². The average molecular weight is 373 g/mol. The maximum Gasteiger partial charge on any atom is 0.138 e. The molecule has 0 saturated heterocycles. The van der Waals surface area contributed by atoms with Gasteiger partial charge in [0.2, 0.25) is 0 Å². The van der Waals surface area contributed by atoms with Gasteiger partial charge in [-0.25, -0.2) is 14.6 Å². The molecule has 23 heavy (non-hydrogen) atoms. The van der Waals surface area contributed by atoms with Gasteiger partial charge in [-0.3, -0.25) is 0 Å². The van der Waals surface area contributed by atoms with Crippen molar-refractivity contribution in [3.63, 3.8) is 0 Å². The normalized spacial score (nSPS) is 17.2. The summed E-state index contributed by atoms with van der Waals surface area (Å²) in [7, 11) is 0. The van der Waals surface area contributed by atoms with Gasteiger partial charge in [0, 0.05) is 22.5 Å².